The van der Waals surface area contributed by atoms with Gasteiger partial charge in [0.2, 0.25) is 0 Å². The summed E-state index contributed by atoms with van der Waals surface area (Å²) < 4.78 is 0. The zero-order chi connectivity index (χ0) is 10.8. The van der Waals surface area contributed by atoms with Gasteiger partial charge in [-0.3, -0.25) is 4.79 Å². The lowest BCUT2D eigenvalue weighted by atomic mass is 9.92. The van der Waals surface area contributed by atoms with Crippen molar-refractivity contribution in [2.24, 2.45) is 0 Å². The molecule has 0 atom stereocenters. The van der Waals surface area contributed by atoms with Gasteiger partial charge >= 0.3 is 0 Å². The minimum absolute atomic E-state index is 0.213. The fraction of sp³-hybridized carbons (Fsp3) is 0.417. The normalized spacial score (nSPS) is 11.4. The van der Waals surface area contributed by atoms with Crippen LogP contribution in [-0.2, 0) is 6.42 Å². The van der Waals surface area contributed by atoms with Crippen molar-refractivity contribution in [2.75, 3.05) is 0 Å². The van der Waals surface area contributed by atoms with E-state index in [-0.39, 0.29) is 5.78 Å². The van der Waals surface area contributed by atoms with Crippen LogP contribution < -0.4 is 0 Å². The highest BCUT2D eigenvalue weighted by atomic mass is 16.3. The molecule has 0 saturated heterocycles. The summed E-state index contributed by atoms with van der Waals surface area (Å²) >= 11 is 0. The van der Waals surface area contributed by atoms with Crippen LogP contribution >= 0.6 is 0 Å². The van der Waals surface area contributed by atoms with Gasteiger partial charge in [-0.2, -0.15) is 0 Å². The SMILES string of the molecule is CCc1ccccc1C(=O)C(C)(C)O. The molecule has 0 fully saturated rings. The number of Topliss-reactive ketones (excluding diaryl/α,β-unsaturated/α-hetero) is 1. The molecule has 2 heteroatoms. The Morgan fingerprint density at radius 3 is 2.43 bits per heavy atom. The molecule has 0 heterocycles. The van der Waals surface area contributed by atoms with Crippen molar-refractivity contribution in [3.63, 3.8) is 0 Å². The number of benzene rings is 1. The van der Waals surface area contributed by atoms with Crippen LogP contribution in [0.5, 0.6) is 0 Å². The quantitative estimate of drug-likeness (QED) is 0.745. The van der Waals surface area contributed by atoms with E-state index in [1.54, 1.807) is 6.07 Å². The number of carbonyl (C=O) groups is 1. The van der Waals surface area contributed by atoms with Gasteiger partial charge in [0.25, 0.3) is 0 Å². The molecule has 1 aromatic rings. The molecule has 0 aliphatic carbocycles. The minimum atomic E-state index is -1.29. The first-order valence-electron chi connectivity index (χ1n) is 4.82. The lowest BCUT2D eigenvalue weighted by Gasteiger charge is -2.17. The number of hydrogen-bond donors (Lipinski definition) is 1. The molecule has 0 aromatic heterocycles. The summed E-state index contributed by atoms with van der Waals surface area (Å²) in [6, 6.07) is 7.40. The second-order valence-electron chi connectivity index (χ2n) is 3.90. The smallest absolute Gasteiger partial charge is 0.194 e. The van der Waals surface area contributed by atoms with Crippen LogP contribution in [0.1, 0.15) is 36.7 Å². The minimum Gasteiger partial charge on any atom is -0.382 e. The second-order valence-corrected chi connectivity index (χ2v) is 3.90. The molecular weight excluding hydrogens is 176 g/mol. The summed E-state index contributed by atoms with van der Waals surface area (Å²) in [7, 11) is 0. The van der Waals surface area contributed by atoms with Gasteiger partial charge in [0.05, 0.1) is 0 Å². The van der Waals surface area contributed by atoms with Gasteiger partial charge in [0.15, 0.2) is 5.78 Å². The van der Waals surface area contributed by atoms with Gasteiger partial charge in [0, 0.05) is 5.56 Å². The molecular formula is C12H16O2. The van der Waals surface area contributed by atoms with Crippen LogP contribution in [-0.4, -0.2) is 16.5 Å². The zero-order valence-electron chi connectivity index (χ0n) is 8.87. The number of aryl methyl sites for hydroxylation is 1. The van der Waals surface area contributed by atoms with E-state index in [1.807, 2.05) is 25.1 Å². The zero-order valence-corrected chi connectivity index (χ0v) is 8.87. The fourth-order valence-electron chi connectivity index (χ4n) is 1.38. The van der Waals surface area contributed by atoms with Crippen LogP contribution in [0.25, 0.3) is 0 Å². The Morgan fingerprint density at radius 2 is 1.93 bits per heavy atom. The molecule has 0 aliphatic rings. The average Bonchev–Trinajstić information content (AvgIpc) is 2.15. The molecule has 0 aliphatic heterocycles. The van der Waals surface area contributed by atoms with Crippen LogP contribution in [0.2, 0.25) is 0 Å². The van der Waals surface area contributed by atoms with Crippen molar-refractivity contribution in [3.05, 3.63) is 35.4 Å². The van der Waals surface area contributed by atoms with Gasteiger partial charge in [-0.05, 0) is 25.8 Å². The summed E-state index contributed by atoms with van der Waals surface area (Å²) in [4.78, 5) is 11.8. The van der Waals surface area contributed by atoms with Crippen molar-refractivity contribution in [3.8, 4) is 0 Å². The summed E-state index contributed by atoms with van der Waals surface area (Å²) in [6.45, 7) is 5.03. The Labute approximate surface area is 84.6 Å². The Bertz CT molecular complexity index is 334. The number of carbonyl (C=O) groups excluding carboxylic acids is 1. The average molecular weight is 192 g/mol. The fourth-order valence-corrected chi connectivity index (χ4v) is 1.38. The van der Waals surface area contributed by atoms with Crippen molar-refractivity contribution in [2.45, 2.75) is 32.8 Å². The maximum absolute atomic E-state index is 11.8. The number of aliphatic hydroxyl groups is 1. The van der Waals surface area contributed by atoms with Crippen molar-refractivity contribution < 1.29 is 9.90 Å². The molecule has 2 nitrogen and oxygen atoms in total. The predicted octanol–water partition coefficient (Wildman–Crippen LogP) is 2.20. The van der Waals surface area contributed by atoms with Crippen molar-refractivity contribution in [1.82, 2.24) is 0 Å². The monoisotopic (exact) mass is 192 g/mol. The van der Waals surface area contributed by atoms with E-state index in [0.29, 0.717) is 5.56 Å². The van der Waals surface area contributed by atoms with Gasteiger partial charge in [0.1, 0.15) is 5.60 Å². The summed E-state index contributed by atoms with van der Waals surface area (Å²) in [5.74, 6) is -0.213. The molecule has 0 unspecified atom stereocenters. The molecule has 0 bridgehead atoms. The number of hydrogen-bond acceptors (Lipinski definition) is 2. The first-order chi connectivity index (χ1) is 6.46. The number of ketones is 1. The Balaban J connectivity index is 3.13. The third-order valence-corrected chi connectivity index (χ3v) is 2.20. The van der Waals surface area contributed by atoms with Crippen molar-refractivity contribution >= 4 is 5.78 Å². The molecule has 14 heavy (non-hydrogen) atoms. The number of rotatable bonds is 3. The standard InChI is InChI=1S/C12H16O2/c1-4-9-7-5-6-8-10(9)11(13)12(2,3)14/h5-8,14H,4H2,1-3H3. The molecule has 1 aromatic carbocycles. The van der Waals surface area contributed by atoms with E-state index in [0.717, 1.165) is 12.0 Å². The van der Waals surface area contributed by atoms with Crippen LogP contribution in [0.4, 0.5) is 0 Å². The molecule has 1 N–H and O–H groups in total. The maximum Gasteiger partial charge on any atom is 0.194 e. The van der Waals surface area contributed by atoms with Gasteiger partial charge < -0.3 is 5.11 Å². The topological polar surface area (TPSA) is 37.3 Å². The highest BCUT2D eigenvalue weighted by Crippen LogP contribution is 2.17. The van der Waals surface area contributed by atoms with Crippen molar-refractivity contribution in [1.29, 1.82) is 0 Å². The van der Waals surface area contributed by atoms with Crippen LogP contribution in [0, 0.1) is 0 Å². The molecule has 0 saturated carbocycles. The molecule has 76 valence electrons. The summed E-state index contributed by atoms with van der Waals surface area (Å²) in [6.07, 6.45) is 0.804. The van der Waals surface area contributed by atoms with Crippen LogP contribution in [0.3, 0.4) is 0 Å². The highest BCUT2D eigenvalue weighted by molar-refractivity contribution is 6.02. The molecule has 1 rings (SSSR count). The van der Waals surface area contributed by atoms with E-state index in [2.05, 4.69) is 0 Å². The molecule has 0 spiro atoms. The van der Waals surface area contributed by atoms with Gasteiger partial charge in [-0.15, -0.1) is 0 Å². The van der Waals surface area contributed by atoms with E-state index in [4.69, 9.17) is 0 Å². The largest absolute Gasteiger partial charge is 0.382 e. The summed E-state index contributed by atoms with van der Waals surface area (Å²) in [5.41, 5.74) is 0.327. The van der Waals surface area contributed by atoms with E-state index in [1.165, 1.54) is 13.8 Å². The van der Waals surface area contributed by atoms with Gasteiger partial charge in [-0.25, -0.2) is 0 Å². The Morgan fingerprint density at radius 1 is 1.36 bits per heavy atom. The summed E-state index contributed by atoms with van der Waals surface area (Å²) in [5, 5.41) is 9.61. The third kappa shape index (κ3) is 2.20. The molecule has 0 amide bonds. The first-order valence-corrected chi connectivity index (χ1v) is 4.82. The van der Waals surface area contributed by atoms with Gasteiger partial charge in [-0.1, -0.05) is 31.2 Å². The lowest BCUT2D eigenvalue weighted by Crippen LogP contribution is -2.31. The molecule has 0 radical (unpaired) electrons. The lowest BCUT2D eigenvalue weighted by molar-refractivity contribution is 0.0487. The van der Waals surface area contributed by atoms with E-state index >= 15 is 0 Å². The van der Waals surface area contributed by atoms with Crippen LogP contribution in [0.15, 0.2) is 24.3 Å². The highest BCUT2D eigenvalue weighted by Gasteiger charge is 2.26. The Hall–Kier alpha value is -1.15. The van der Waals surface area contributed by atoms with E-state index < -0.39 is 5.60 Å². The maximum atomic E-state index is 11.8. The first kappa shape index (κ1) is 10.9. The predicted molar refractivity (Wildman–Crippen MR) is 56.4 cm³/mol. The third-order valence-electron chi connectivity index (χ3n) is 2.20. The van der Waals surface area contributed by atoms with E-state index in [9.17, 15) is 9.90 Å². The Kier molecular flexibility index (Phi) is 3.06. The second kappa shape index (κ2) is 3.93.